The van der Waals surface area contributed by atoms with Gasteiger partial charge in [-0.05, 0) is 12.1 Å². The van der Waals surface area contributed by atoms with Crippen molar-refractivity contribution < 1.29 is 14.2 Å². The monoisotopic (exact) mass is 489 g/mol. The molecule has 0 saturated carbocycles. The van der Waals surface area contributed by atoms with Crippen LogP contribution in [-0.4, -0.2) is 69.6 Å². The van der Waals surface area contributed by atoms with Crippen LogP contribution in [0, 0.1) is 0 Å². The van der Waals surface area contributed by atoms with E-state index in [-0.39, 0.29) is 35.7 Å². The molecule has 7 heteroatoms. The number of aliphatic imine (C=N–C) groups is 1. The number of nitrogens with zero attached hydrogens (tertiary/aromatic N) is 2. The number of halogens is 1. The highest BCUT2D eigenvalue weighted by Gasteiger charge is 2.33. The summed E-state index contributed by atoms with van der Waals surface area (Å²) in [7, 11) is 3.64. The first-order valence-corrected chi connectivity index (χ1v) is 9.55. The Kier molecular flexibility index (Phi) is 9.11. The fourth-order valence-electron chi connectivity index (χ4n) is 3.65. The number of methoxy groups -OCH3 is 1. The van der Waals surface area contributed by atoms with Gasteiger partial charge in [0.2, 0.25) is 0 Å². The molecule has 2 aliphatic rings. The van der Waals surface area contributed by atoms with Crippen molar-refractivity contribution in [3.05, 3.63) is 30.3 Å². The molecule has 0 bridgehead atoms. The summed E-state index contributed by atoms with van der Waals surface area (Å²) in [5.74, 6) is 1.90. The molecule has 0 aromatic heterocycles. The first kappa shape index (κ1) is 22.2. The number of nitrogens with one attached hydrogen (secondary N) is 1. The second-order valence-electron chi connectivity index (χ2n) is 7.02. The van der Waals surface area contributed by atoms with Crippen molar-refractivity contribution in [1.29, 1.82) is 0 Å². The average Bonchev–Trinajstić information content (AvgIpc) is 2.71. The van der Waals surface area contributed by atoms with E-state index in [1.165, 1.54) is 0 Å². The second-order valence-corrected chi connectivity index (χ2v) is 7.02. The molecular weight excluding hydrogens is 457 g/mol. The minimum Gasteiger partial charge on any atom is -0.490 e. The molecule has 0 atom stereocenters. The number of rotatable bonds is 5. The van der Waals surface area contributed by atoms with Crippen LogP contribution in [0.1, 0.15) is 25.7 Å². The fourth-order valence-corrected chi connectivity index (χ4v) is 3.65. The molecule has 2 aliphatic heterocycles. The van der Waals surface area contributed by atoms with Crippen LogP contribution in [0.15, 0.2) is 35.3 Å². The predicted octanol–water partition coefficient (Wildman–Crippen LogP) is 2.92. The van der Waals surface area contributed by atoms with Gasteiger partial charge in [-0.25, -0.2) is 0 Å². The second kappa shape index (κ2) is 11.1. The van der Waals surface area contributed by atoms with E-state index in [1.807, 2.05) is 37.4 Å². The molecule has 3 rings (SSSR count). The molecule has 2 heterocycles. The molecule has 2 saturated heterocycles. The smallest absolute Gasteiger partial charge is 0.193 e. The Bertz CT molecular complexity index is 571. The average molecular weight is 489 g/mol. The van der Waals surface area contributed by atoms with Crippen LogP contribution in [0.25, 0.3) is 0 Å². The summed E-state index contributed by atoms with van der Waals surface area (Å²) in [6.45, 7) is 4.17. The Labute approximate surface area is 179 Å². The maximum atomic E-state index is 6.08. The zero-order chi connectivity index (χ0) is 18.2. The third-order valence-electron chi connectivity index (χ3n) is 5.40. The largest absolute Gasteiger partial charge is 0.490 e. The van der Waals surface area contributed by atoms with Gasteiger partial charge in [-0.15, -0.1) is 24.0 Å². The molecule has 1 aromatic carbocycles. The van der Waals surface area contributed by atoms with Gasteiger partial charge >= 0.3 is 0 Å². The summed E-state index contributed by atoms with van der Waals surface area (Å²) in [4.78, 5) is 6.79. The zero-order valence-electron chi connectivity index (χ0n) is 16.4. The molecule has 6 nitrogen and oxygen atoms in total. The predicted molar refractivity (Wildman–Crippen MR) is 118 cm³/mol. The minimum atomic E-state index is -0.150. The number of para-hydroxylation sites is 1. The Morgan fingerprint density at radius 3 is 2.48 bits per heavy atom. The van der Waals surface area contributed by atoms with Crippen LogP contribution in [0.3, 0.4) is 0 Å². The highest BCUT2D eigenvalue weighted by molar-refractivity contribution is 14.0. The third-order valence-corrected chi connectivity index (χ3v) is 5.40. The van der Waals surface area contributed by atoms with Gasteiger partial charge in [0.05, 0.1) is 5.60 Å². The van der Waals surface area contributed by atoms with Crippen LogP contribution in [0.4, 0.5) is 0 Å². The van der Waals surface area contributed by atoms with Crippen molar-refractivity contribution >= 4 is 29.9 Å². The molecule has 0 amide bonds. The van der Waals surface area contributed by atoms with Crippen LogP contribution in [-0.2, 0) is 9.47 Å². The third kappa shape index (κ3) is 6.22. The molecule has 152 valence electrons. The lowest BCUT2D eigenvalue weighted by molar-refractivity contribution is -0.0858. The highest BCUT2D eigenvalue weighted by atomic mass is 127. The summed E-state index contributed by atoms with van der Waals surface area (Å²) in [5.41, 5.74) is -0.150. The van der Waals surface area contributed by atoms with Gasteiger partial charge in [0, 0.05) is 72.7 Å². The molecule has 2 fully saturated rings. The van der Waals surface area contributed by atoms with Crippen molar-refractivity contribution in [2.75, 3.05) is 47.0 Å². The van der Waals surface area contributed by atoms with E-state index in [2.05, 4.69) is 15.2 Å². The number of hydrogen-bond acceptors (Lipinski definition) is 4. The molecule has 0 spiro atoms. The van der Waals surface area contributed by atoms with E-state index < -0.39 is 0 Å². The van der Waals surface area contributed by atoms with E-state index in [9.17, 15) is 0 Å². The molecule has 0 aliphatic carbocycles. The van der Waals surface area contributed by atoms with Gasteiger partial charge in [-0.3, -0.25) is 4.99 Å². The lowest BCUT2D eigenvalue weighted by Gasteiger charge is -2.38. The van der Waals surface area contributed by atoms with Crippen LogP contribution < -0.4 is 10.1 Å². The van der Waals surface area contributed by atoms with Crippen LogP contribution in [0.2, 0.25) is 0 Å². The quantitative estimate of drug-likeness (QED) is 0.392. The van der Waals surface area contributed by atoms with Crippen molar-refractivity contribution in [2.24, 2.45) is 4.99 Å². The molecule has 27 heavy (non-hydrogen) atoms. The SMILES string of the molecule is CN=C(NCC1(OC)CCOCC1)N1CCC(Oc2ccccc2)CC1.I. The van der Waals surface area contributed by atoms with E-state index in [4.69, 9.17) is 14.2 Å². The lowest BCUT2D eigenvalue weighted by Crippen LogP contribution is -2.53. The summed E-state index contributed by atoms with van der Waals surface area (Å²) < 4.78 is 17.4. The van der Waals surface area contributed by atoms with Crippen molar-refractivity contribution in [1.82, 2.24) is 10.2 Å². The number of benzene rings is 1. The number of ether oxygens (including phenoxy) is 3. The van der Waals surface area contributed by atoms with E-state index in [0.717, 1.165) is 70.2 Å². The van der Waals surface area contributed by atoms with Crippen molar-refractivity contribution in [2.45, 2.75) is 37.4 Å². The van der Waals surface area contributed by atoms with Gasteiger partial charge in [0.25, 0.3) is 0 Å². The summed E-state index contributed by atoms with van der Waals surface area (Å²) in [6.07, 6.45) is 4.10. The van der Waals surface area contributed by atoms with E-state index >= 15 is 0 Å². The Hall–Kier alpha value is -1.06. The number of hydrogen-bond donors (Lipinski definition) is 1. The zero-order valence-corrected chi connectivity index (χ0v) is 18.7. The van der Waals surface area contributed by atoms with Gasteiger partial charge in [-0.1, -0.05) is 18.2 Å². The Morgan fingerprint density at radius 1 is 1.22 bits per heavy atom. The van der Waals surface area contributed by atoms with Crippen LogP contribution in [0.5, 0.6) is 5.75 Å². The van der Waals surface area contributed by atoms with Gasteiger partial charge < -0.3 is 24.4 Å². The number of guanidine groups is 1. The van der Waals surface area contributed by atoms with E-state index in [0.29, 0.717) is 0 Å². The first-order valence-electron chi connectivity index (χ1n) is 9.55. The molecule has 1 aromatic rings. The number of piperidine rings is 1. The number of likely N-dealkylation sites (tertiary alicyclic amines) is 1. The molecule has 1 N–H and O–H groups in total. The molecular formula is C20H32IN3O3. The topological polar surface area (TPSA) is 55.3 Å². The summed E-state index contributed by atoms with van der Waals surface area (Å²) in [5, 5.41) is 3.52. The summed E-state index contributed by atoms with van der Waals surface area (Å²) in [6, 6.07) is 10.1. The summed E-state index contributed by atoms with van der Waals surface area (Å²) >= 11 is 0. The van der Waals surface area contributed by atoms with Gasteiger partial charge in [-0.2, -0.15) is 0 Å². The first-order chi connectivity index (χ1) is 12.7. The highest BCUT2D eigenvalue weighted by Crippen LogP contribution is 2.24. The van der Waals surface area contributed by atoms with E-state index in [1.54, 1.807) is 7.11 Å². The maximum Gasteiger partial charge on any atom is 0.193 e. The van der Waals surface area contributed by atoms with Gasteiger partial charge in [0.15, 0.2) is 5.96 Å². The van der Waals surface area contributed by atoms with Crippen LogP contribution >= 0.6 is 24.0 Å². The lowest BCUT2D eigenvalue weighted by atomic mass is 9.94. The fraction of sp³-hybridized carbons (Fsp3) is 0.650. The minimum absolute atomic E-state index is 0. The molecule has 0 radical (unpaired) electrons. The van der Waals surface area contributed by atoms with Gasteiger partial charge in [0.1, 0.15) is 11.9 Å². The van der Waals surface area contributed by atoms with Crippen molar-refractivity contribution in [3.63, 3.8) is 0 Å². The Balaban J connectivity index is 0.00000261. The molecule has 0 unspecified atom stereocenters. The maximum absolute atomic E-state index is 6.08. The van der Waals surface area contributed by atoms with Crippen molar-refractivity contribution in [3.8, 4) is 5.75 Å². The normalized spacial score (nSPS) is 20.7. The Morgan fingerprint density at radius 2 is 1.89 bits per heavy atom. The standard InChI is InChI=1S/C20H31N3O3.HI/c1-21-19(22-16-20(24-2)10-14-25-15-11-20)23-12-8-18(9-13-23)26-17-6-4-3-5-7-17;/h3-7,18H,8-16H2,1-2H3,(H,21,22);1H.